The number of aliphatic hydroxyl groups is 1. The largest absolute Gasteiger partial charge is 0.381 e. The van der Waals surface area contributed by atoms with Crippen molar-refractivity contribution in [3.63, 3.8) is 0 Å². The maximum atomic E-state index is 14.4. The number of rotatable bonds is 9. The summed E-state index contributed by atoms with van der Waals surface area (Å²) < 4.78 is 30.5. The molecule has 3 aromatic rings. The number of hydrogen-bond donors (Lipinski definition) is 2. The van der Waals surface area contributed by atoms with Crippen LogP contribution in [0.1, 0.15) is 24.2 Å². The average molecular weight is 394 g/mol. The maximum Gasteiger partial charge on any atom is 0.150 e. The Balaban J connectivity index is 1.86. The van der Waals surface area contributed by atoms with Gasteiger partial charge in [0.25, 0.3) is 0 Å². The zero-order chi connectivity index (χ0) is 19.3. The lowest BCUT2D eigenvalue weighted by Crippen LogP contribution is -2.37. The van der Waals surface area contributed by atoms with Gasteiger partial charge in [-0.25, -0.2) is 28.1 Å². The monoisotopic (exact) mass is 394 g/mol. The van der Waals surface area contributed by atoms with Gasteiger partial charge in [0.05, 0.1) is 13.1 Å². The van der Waals surface area contributed by atoms with Gasteiger partial charge in [-0.2, -0.15) is 22.8 Å². The Morgan fingerprint density at radius 1 is 1.11 bits per heavy atom. The Labute approximate surface area is 160 Å². The molecule has 7 nitrogen and oxygen atoms in total. The number of halogens is 2. The predicted molar refractivity (Wildman–Crippen MR) is 97.1 cm³/mol. The quantitative estimate of drug-likeness (QED) is 0.429. The number of aryl methyl sites for hydroxylation is 1. The molecule has 1 aromatic carbocycles. The minimum atomic E-state index is -1.72. The molecule has 0 bridgehead atoms. The first-order valence-corrected chi connectivity index (χ1v) is 9.13. The van der Waals surface area contributed by atoms with E-state index in [0.717, 1.165) is 30.7 Å². The van der Waals surface area contributed by atoms with Crippen LogP contribution in [0.2, 0.25) is 0 Å². The average Bonchev–Trinajstić information content (AvgIpc) is 3.27. The highest BCUT2D eigenvalue weighted by Gasteiger charge is 2.34. The molecule has 10 heteroatoms. The molecule has 0 spiro atoms. The van der Waals surface area contributed by atoms with E-state index in [2.05, 4.69) is 32.8 Å². The van der Waals surface area contributed by atoms with Crippen molar-refractivity contribution < 1.29 is 13.9 Å². The van der Waals surface area contributed by atoms with E-state index >= 15 is 0 Å². The summed E-state index contributed by atoms with van der Waals surface area (Å²) in [5.41, 5.74) is -1.77. The Morgan fingerprint density at radius 3 is 2.63 bits per heavy atom. The van der Waals surface area contributed by atoms with Crippen LogP contribution < -0.4 is 0 Å². The van der Waals surface area contributed by atoms with Gasteiger partial charge in [-0.15, -0.1) is 0 Å². The van der Waals surface area contributed by atoms with Gasteiger partial charge in [0.2, 0.25) is 0 Å². The predicted octanol–water partition coefficient (Wildman–Crippen LogP) is 1.99. The molecule has 2 heterocycles. The summed E-state index contributed by atoms with van der Waals surface area (Å²) in [6.45, 7) is -0.153. The summed E-state index contributed by atoms with van der Waals surface area (Å²) in [5, 5.41) is 19.6. The van der Waals surface area contributed by atoms with Crippen LogP contribution >= 0.6 is 12.6 Å². The van der Waals surface area contributed by atoms with Crippen LogP contribution in [0, 0.1) is 11.6 Å². The first-order valence-electron chi connectivity index (χ1n) is 8.50. The zero-order valence-corrected chi connectivity index (χ0v) is 15.4. The van der Waals surface area contributed by atoms with E-state index in [1.54, 1.807) is 0 Å². The highest BCUT2D eigenvalue weighted by Crippen LogP contribution is 2.28. The van der Waals surface area contributed by atoms with E-state index in [9.17, 15) is 13.9 Å². The van der Waals surface area contributed by atoms with Gasteiger partial charge in [0.15, 0.2) is 5.82 Å². The summed E-state index contributed by atoms with van der Waals surface area (Å²) in [6, 6.07) is 3.08. The zero-order valence-electron chi connectivity index (χ0n) is 14.5. The summed E-state index contributed by atoms with van der Waals surface area (Å²) in [7, 11) is 0. The third-order valence-corrected chi connectivity index (χ3v) is 4.45. The van der Waals surface area contributed by atoms with Gasteiger partial charge in [-0.1, -0.05) is 6.07 Å². The molecule has 0 saturated heterocycles. The summed E-state index contributed by atoms with van der Waals surface area (Å²) in [6.07, 6.45) is 6.77. The summed E-state index contributed by atoms with van der Waals surface area (Å²) in [4.78, 5) is 8.06. The summed E-state index contributed by atoms with van der Waals surface area (Å²) >= 11 is 4.17. The van der Waals surface area contributed by atoms with E-state index < -0.39 is 17.2 Å². The topological polar surface area (TPSA) is 81.6 Å². The van der Waals surface area contributed by atoms with Crippen molar-refractivity contribution in [1.82, 2.24) is 29.5 Å². The molecule has 0 amide bonds. The van der Waals surface area contributed by atoms with Gasteiger partial charge in [0, 0.05) is 18.1 Å². The smallest absolute Gasteiger partial charge is 0.150 e. The van der Waals surface area contributed by atoms with Gasteiger partial charge < -0.3 is 5.11 Å². The third-order valence-electron chi connectivity index (χ3n) is 4.14. The molecule has 0 aliphatic carbocycles. The molecular formula is C17H20F2N6OS. The molecule has 0 radical (unpaired) electrons. The lowest BCUT2D eigenvalue weighted by molar-refractivity contribution is -0.00862. The van der Waals surface area contributed by atoms with E-state index in [4.69, 9.17) is 0 Å². The molecule has 1 atom stereocenters. The highest BCUT2D eigenvalue weighted by molar-refractivity contribution is 7.80. The number of unbranched alkanes of at least 4 members (excludes halogenated alkanes) is 1. The standard InChI is InChI=1S/C17H20F2N6OS/c18-13-4-5-14(15(19)7-13)17(26,8-24-11-20-10-22-24)9-25-12-21-16(23-25)3-1-2-6-27/h4-5,7,10-12,26-27H,1-3,6,8-9H2. The molecule has 1 N–H and O–H groups in total. The van der Waals surface area contributed by atoms with Crippen LogP contribution in [-0.2, 0) is 25.1 Å². The normalized spacial score (nSPS) is 13.6. The summed E-state index contributed by atoms with van der Waals surface area (Å²) in [5.74, 6) is -0.125. The Kier molecular flexibility index (Phi) is 6.17. The fourth-order valence-corrected chi connectivity index (χ4v) is 3.08. The number of thiol groups is 1. The lowest BCUT2D eigenvalue weighted by atomic mass is 9.93. The number of aromatic nitrogens is 6. The Morgan fingerprint density at radius 2 is 1.93 bits per heavy atom. The lowest BCUT2D eigenvalue weighted by Gasteiger charge is -2.28. The molecule has 1 unspecified atom stereocenters. The Bertz CT molecular complexity index is 872. The molecular weight excluding hydrogens is 374 g/mol. The molecule has 3 rings (SSSR count). The van der Waals surface area contributed by atoms with Crippen LogP contribution in [0.4, 0.5) is 8.78 Å². The molecule has 0 saturated carbocycles. The first kappa shape index (κ1) is 19.4. The SMILES string of the molecule is OC(Cn1cncn1)(Cn1cnc(CCCCS)n1)c1ccc(F)cc1F. The Hall–Kier alpha value is -2.33. The fraction of sp³-hybridized carbons (Fsp3) is 0.412. The van der Waals surface area contributed by atoms with Crippen molar-refractivity contribution >= 4 is 12.6 Å². The van der Waals surface area contributed by atoms with Gasteiger partial charge >= 0.3 is 0 Å². The molecule has 27 heavy (non-hydrogen) atoms. The van der Waals surface area contributed by atoms with Crippen molar-refractivity contribution in [2.75, 3.05) is 5.75 Å². The van der Waals surface area contributed by atoms with Crippen molar-refractivity contribution in [2.24, 2.45) is 0 Å². The van der Waals surface area contributed by atoms with Crippen LogP contribution in [0.25, 0.3) is 0 Å². The molecule has 0 aliphatic rings. The minimum absolute atomic E-state index is 0.0495. The van der Waals surface area contributed by atoms with Crippen molar-refractivity contribution in [3.05, 3.63) is 60.2 Å². The van der Waals surface area contributed by atoms with E-state index in [1.807, 2.05) is 0 Å². The minimum Gasteiger partial charge on any atom is -0.381 e. The van der Waals surface area contributed by atoms with Crippen molar-refractivity contribution in [1.29, 1.82) is 0 Å². The van der Waals surface area contributed by atoms with Crippen molar-refractivity contribution in [2.45, 2.75) is 38.0 Å². The molecule has 0 fully saturated rings. The molecule has 2 aromatic heterocycles. The van der Waals surface area contributed by atoms with Gasteiger partial charge in [-0.05, 0) is 24.7 Å². The maximum absolute atomic E-state index is 14.4. The van der Waals surface area contributed by atoms with E-state index in [0.29, 0.717) is 12.2 Å². The van der Waals surface area contributed by atoms with Crippen molar-refractivity contribution in [3.8, 4) is 0 Å². The third kappa shape index (κ3) is 4.89. The number of benzene rings is 1. The van der Waals surface area contributed by atoms with Crippen LogP contribution in [-0.4, -0.2) is 40.4 Å². The number of hydrogen-bond acceptors (Lipinski definition) is 6. The second kappa shape index (κ2) is 8.57. The second-order valence-corrected chi connectivity index (χ2v) is 6.74. The first-order chi connectivity index (χ1) is 13.0. The number of nitrogens with zero attached hydrogens (tertiary/aromatic N) is 6. The van der Waals surface area contributed by atoms with Crippen LogP contribution in [0.15, 0.2) is 37.2 Å². The van der Waals surface area contributed by atoms with Crippen LogP contribution in [0.5, 0.6) is 0 Å². The molecule has 0 aliphatic heterocycles. The fourth-order valence-electron chi connectivity index (χ4n) is 2.86. The van der Waals surface area contributed by atoms with Gasteiger partial charge in [0.1, 0.15) is 36.2 Å². The molecule has 144 valence electrons. The second-order valence-electron chi connectivity index (χ2n) is 6.29. The van der Waals surface area contributed by atoms with Crippen LogP contribution in [0.3, 0.4) is 0 Å². The van der Waals surface area contributed by atoms with Gasteiger partial charge in [-0.3, -0.25) is 0 Å². The van der Waals surface area contributed by atoms with E-state index in [1.165, 1.54) is 34.4 Å². The van der Waals surface area contributed by atoms with E-state index in [-0.39, 0.29) is 18.7 Å². The highest BCUT2D eigenvalue weighted by atomic mass is 32.1.